The second-order valence-corrected chi connectivity index (χ2v) is 6.33. The van der Waals surface area contributed by atoms with Crippen molar-refractivity contribution in [1.29, 1.82) is 0 Å². The second kappa shape index (κ2) is 8.63. The molecule has 1 amide bonds. The highest BCUT2D eigenvalue weighted by molar-refractivity contribution is 5.81. The van der Waals surface area contributed by atoms with Gasteiger partial charge in [-0.2, -0.15) is 0 Å². The number of amides is 1. The molecule has 20 heavy (non-hydrogen) atoms. The Hall–Kier alpha value is -0.610. The number of nitrogens with zero attached hydrogens (tertiary/aromatic N) is 1. The van der Waals surface area contributed by atoms with Crippen molar-refractivity contribution < 1.29 is 4.79 Å². The molecule has 1 rings (SSSR count). The van der Waals surface area contributed by atoms with Crippen molar-refractivity contribution in [2.45, 2.75) is 71.5 Å². The molecule has 4 nitrogen and oxygen atoms in total. The predicted octanol–water partition coefficient (Wildman–Crippen LogP) is 2.00. The molecule has 118 valence electrons. The van der Waals surface area contributed by atoms with E-state index in [4.69, 9.17) is 0 Å². The highest BCUT2D eigenvalue weighted by Gasteiger charge is 2.28. The number of rotatable bonds is 7. The first kappa shape index (κ1) is 17.4. The van der Waals surface area contributed by atoms with Crippen LogP contribution in [0, 0.1) is 5.92 Å². The number of hydrogen-bond donors (Lipinski definition) is 2. The molecule has 3 atom stereocenters. The molecule has 1 aliphatic heterocycles. The van der Waals surface area contributed by atoms with Gasteiger partial charge in [0.2, 0.25) is 5.91 Å². The molecule has 0 saturated carbocycles. The molecule has 1 heterocycles. The molecule has 0 aromatic rings. The Bertz CT molecular complexity index is 287. The molecule has 1 saturated heterocycles. The van der Waals surface area contributed by atoms with E-state index in [-0.39, 0.29) is 18.0 Å². The minimum atomic E-state index is 0.000137. The van der Waals surface area contributed by atoms with Crippen molar-refractivity contribution in [2.75, 3.05) is 20.1 Å². The molecule has 0 radical (unpaired) electrons. The van der Waals surface area contributed by atoms with Gasteiger partial charge in [-0.1, -0.05) is 13.3 Å². The summed E-state index contributed by atoms with van der Waals surface area (Å²) in [5.41, 5.74) is 0. The Kier molecular flexibility index (Phi) is 7.52. The van der Waals surface area contributed by atoms with Crippen LogP contribution in [0.15, 0.2) is 0 Å². The van der Waals surface area contributed by atoms with Crippen LogP contribution in [0.3, 0.4) is 0 Å². The van der Waals surface area contributed by atoms with Crippen molar-refractivity contribution in [2.24, 2.45) is 5.92 Å². The molecule has 0 bridgehead atoms. The van der Waals surface area contributed by atoms with E-state index in [0.29, 0.717) is 6.04 Å². The molecular weight excluding hydrogens is 250 g/mol. The van der Waals surface area contributed by atoms with Crippen molar-refractivity contribution in [3.63, 3.8) is 0 Å². The van der Waals surface area contributed by atoms with Crippen LogP contribution in [0.5, 0.6) is 0 Å². The zero-order valence-electron chi connectivity index (χ0n) is 13.9. The van der Waals surface area contributed by atoms with E-state index < -0.39 is 0 Å². The zero-order valence-corrected chi connectivity index (χ0v) is 13.9. The van der Waals surface area contributed by atoms with Crippen LogP contribution in [-0.2, 0) is 4.79 Å². The average molecular weight is 283 g/mol. The first-order valence-electron chi connectivity index (χ1n) is 8.21. The van der Waals surface area contributed by atoms with Crippen molar-refractivity contribution in [3.8, 4) is 0 Å². The topological polar surface area (TPSA) is 44.4 Å². The molecule has 1 aliphatic rings. The van der Waals surface area contributed by atoms with Crippen LogP contribution >= 0.6 is 0 Å². The van der Waals surface area contributed by atoms with E-state index >= 15 is 0 Å². The summed E-state index contributed by atoms with van der Waals surface area (Å²) in [6.45, 7) is 10.6. The lowest BCUT2D eigenvalue weighted by atomic mass is 9.90. The number of carbonyl (C=O) groups excluding carboxylic acids is 1. The molecule has 0 spiro atoms. The van der Waals surface area contributed by atoms with Crippen LogP contribution in [0.2, 0.25) is 0 Å². The van der Waals surface area contributed by atoms with E-state index in [1.165, 1.54) is 12.8 Å². The fraction of sp³-hybridized carbons (Fsp3) is 0.938. The summed E-state index contributed by atoms with van der Waals surface area (Å²) in [7, 11) is 2.03. The van der Waals surface area contributed by atoms with Gasteiger partial charge >= 0.3 is 0 Å². The SMILES string of the molecule is CCCC(C)NC(=O)C(C)N1CCC(C(C)NC)CC1. The van der Waals surface area contributed by atoms with Gasteiger partial charge in [0.1, 0.15) is 0 Å². The van der Waals surface area contributed by atoms with Crippen LogP contribution in [-0.4, -0.2) is 49.1 Å². The summed E-state index contributed by atoms with van der Waals surface area (Å²) in [5.74, 6) is 0.927. The van der Waals surface area contributed by atoms with Crippen molar-refractivity contribution >= 4 is 5.91 Å². The highest BCUT2D eigenvalue weighted by atomic mass is 16.2. The second-order valence-electron chi connectivity index (χ2n) is 6.33. The first-order chi connectivity index (χ1) is 9.49. The summed E-state index contributed by atoms with van der Waals surface area (Å²) in [5, 5.41) is 6.47. The minimum Gasteiger partial charge on any atom is -0.352 e. The van der Waals surface area contributed by atoms with E-state index in [0.717, 1.165) is 31.8 Å². The van der Waals surface area contributed by atoms with Crippen LogP contribution in [0.4, 0.5) is 0 Å². The number of hydrogen-bond acceptors (Lipinski definition) is 3. The van der Waals surface area contributed by atoms with E-state index in [1.807, 2.05) is 14.0 Å². The van der Waals surface area contributed by atoms with E-state index in [1.54, 1.807) is 0 Å². The quantitative estimate of drug-likeness (QED) is 0.751. The average Bonchev–Trinajstić information content (AvgIpc) is 2.46. The molecule has 4 heteroatoms. The molecule has 3 unspecified atom stereocenters. The third-order valence-corrected chi connectivity index (χ3v) is 4.77. The van der Waals surface area contributed by atoms with Gasteiger partial charge in [-0.25, -0.2) is 0 Å². The minimum absolute atomic E-state index is 0.000137. The van der Waals surface area contributed by atoms with E-state index in [9.17, 15) is 4.79 Å². The number of carbonyl (C=O) groups is 1. The van der Waals surface area contributed by atoms with Crippen LogP contribution in [0.25, 0.3) is 0 Å². The van der Waals surface area contributed by atoms with E-state index in [2.05, 4.69) is 36.3 Å². The van der Waals surface area contributed by atoms with Gasteiger partial charge in [0.05, 0.1) is 6.04 Å². The summed E-state index contributed by atoms with van der Waals surface area (Å²) in [6.07, 6.45) is 4.54. The summed E-state index contributed by atoms with van der Waals surface area (Å²) in [4.78, 5) is 14.6. The molecule has 2 N–H and O–H groups in total. The summed E-state index contributed by atoms with van der Waals surface area (Å²) in [6, 6.07) is 0.864. The molecule has 0 aliphatic carbocycles. The fourth-order valence-corrected chi connectivity index (χ4v) is 3.08. The monoisotopic (exact) mass is 283 g/mol. The predicted molar refractivity (Wildman–Crippen MR) is 84.8 cm³/mol. The van der Waals surface area contributed by atoms with Crippen molar-refractivity contribution in [3.05, 3.63) is 0 Å². The Morgan fingerprint density at radius 1 is 1.25 bits per heavy atom. The van der Waals surface area contributed by atoms with Crippen LogP contribution in [0.1, 0.15) is 53.4 Å². The highest BCUT2D eigenvalue weighted by Crippen LogP contribution is 2.21. The van der Waals surface area contributed by atoms with Crippen molar-refractivity contribution in [1.82, 2.24) is 15.5 Å². The van der Waals surface area contributed by atoms with Crippen LogP contribution < -0.4 is 10.6 Å². The summed E-state index contributed by atoms with van der Waals surface area (Å²) < 4.78 is 0. The standard InChI is InChI=1S/C16H33N3O/c1-6-7-12(2)18-16(20)14(4)19-10-8-15(9-11-19)13(3)17-5/h12-15,17H,6-11H2,1-5H3,(H,18,20). The smallest absolute Gasteiger partial charge is 0.237 e. The maximum Gasteiger partial charge on any atom is 0.237 e. The van der Waals surface area contributed by atoms with Gasteiger partial charge in [-0.05, 0) is 66.1 Å². The van der Waals surface area contributed by atoms with Gasteiger partial charge in [0.15, 0.2) is 0 Å². The van der Waals surface area contributed by atoms with Gasteiger partial charge in [-0.15, -0.1) is 0 Å². The molecule has 0 aromatic heterocycles. The van der Waals surface area contributed by atoms with Gasteiger partial charge in [0.25, 0.3) is 0 Å². The Morgan fingerprint density at radius 3 is 2.35 bits per heavy atom. The molecule has 0 aromatic carbocycles. The molecular formula is C16H33N3O. The third-order valence-electron chi connectivity index (χ3n) is 4.77. The fourth-order valence-electron chi connectivity index (χ4n) is 3.08. The largest absolute Gasteiger partial charge is 0.352 e. The normalized spacial score (nSPS) is 22.2. The lowest BCUT2D eigenvalue weighted by molar-refractivity contribution is -0.127. The maximum absolute atomic E-state index is 12.2. The van der Waals surface area contributed by atoms with Gasteiger partial charge < -0.3 is 10.6 Å². The number of piperidine rings is 1. The zero-order chi connectivity index (χ0) is 15.1. The lowest BCUT2D eigenvalue weighted by Crippen LogP contribution is -2.51. The third kappa shape index (κ3) is 5.06. The van der Waals surface area contributed by atoms with Gasteiger partial charge in [-0.3, -0.25) is 9.69 Å². The Morgan fingerprint density at radius 2 is 1.85 bits per heavy atom. The Balaban J connectivity index is 2.38. The Labute approximate surface area is 124 Å². The lowest BCUT2D eigenvalue weighted by Gasteiger charge is -2.37. The summed E-state index contributed by atoms with van der Waals surface area (Å²) >= 11 is 0. The first-order valence-corrected chi connectivity index (χ1v) is 8.21. The number of likely N-dealkylation sites (tertiary alicyclic amines) is 1. The maximum atomic E-state index is 12.2. The van der Waals surface area contributed by atoms with Gasteiger partial charge in [0, 0.05) is 12.1 Å². The molecule has 1 fully saturated rings. The number of nitrogens with one attached hydrogen (secondary N) is 2.